The van der Waals surface area contributed by atoms with E-state index in [1.807, 2.05) is 0 Å². The number of hydrogen-bond donors (Lipinski definition) is 2. The van der Waals surface area contributed by atoms with Crippen molar-refractivity contribution in [2.45, 2.75) is 46.7 Å². The number of primary amides is 1. The zero-order valence-corrected chi connectivity index (χ0v) is 23.0. The molecule has 2 heterocycles. The van der Waals surface area contributed by atoms with Crippen molar-refractivity contribution in [3.05, 3.63) is 35.4 Å². The highest BCUT2D eigenvalue weighted by atomic mass is 127. The van der Waals surface area contributed by atoms with Crippen molar-refractivity contribution in [3.63, 3.8) is 0 Å². The van der Waals surface area contributed by atoms with Crippen LogP contribution >= 0.6 is 24.0 Å². The minimum absolute atomic E-state index is 0. The lowest BCUT2D eigenvalue weighted by atomic mass is 9.97. The van der Waals surface area contributed by atoms with Crippen LogP contribution in [0.15, 0.2) is 29.3 Å². The van der Waals surface area contributed by atoms with Crippen LogP contribution in [-0.2, 0) is 17.9 Å². The predicted molar refractivity (Wildman–Crippen MR) is 147 cm³/mol. The van der Waals surface area contributed by atoms with E-state index >= 15 is 0 Å². The predicted octanol–water partition coefficient (Wildman–Crippen LogP) is 2.74. The molecule has 1 aromatic carbocycles. The number of amides is 1. The number of piperazine rings is 1. The normalized spacial score (nSPS) is 20.5. The highest BCUT2D eigenvalue weighted by Crippen LogP contribution is 2.19. The molecule has 2 saturated heterocycles. The summed E-state index contributed by atoms with van der Waals surface area (Å²) in [6, 6.07) is 8.69. The summed E-state index contributed by atoms with van der Waals surface area (Å²) in [4.78, 5) is 23.8. The molecule has 3 rings (SSSR count). The van der Waals surface area contributed by atoms with Gasteiger partial charge < -0.3 is 16.0 Å². The zero-order valence-electron chi connectivity index (χ0n) is 20.6. The molecular weight excluding hydrogens is 527 g/mol. The summed E-state index contributed by atoms with van der Waals surface area (Å²) in [7, 11) is 0. The number of aliphatic imine (C=N–C) groups is 1. The van der Waals surface area contributed by atoms with Gasteiger partial charge in [-0.25, -0.2) is 4.99 Å². The van der Waals surface area contributed by atoms with E-state index in [0.717, 1.165) is 71.2 Å². The number of carbonyl (C=O) groups excluding carboxylic acids is 1. The third-order valence-corrected chi connectivity index (χ3v) is 6.35. The zero-order chi connectivity index (χ0) is 22.9. The van der Waals surface area contributed by atoms with Crippen LogP contribution in [0.4, 0.5) is 0 Å². The Hall–Kier alpha value is -1.39. The average molecular weight is 571 g/mol. The van der Waals surface area contributed by atoms with Crippen molar-refractivity contribution in [1.82, 2.24) is 20.0 Å². The van der Waals surface area contributed by atoms with Crippen LogP contribution in [0, 0.1) is 11.8 Å². The number of nitrogens with zero attached hydrogens (tertiary/aromatic N) is 4. The first kappa shape index (κ1) is 27.9. The Kier molecular flexibility index (Phi) is 11.9. The molecule has 8 heteroatoms. The molecule has 33 heavy (non-hydrogen) atoms. The van der Waals surface area contributed by atoms with Crippen molar-refractivity contribution in [1.29, 1.82) is 0 Å². The molecule has 2 fully saturated rings. The second kappa shape index (κ2) is 14.1. The Morgan fingerprint density at radius 1 is 1.15 bits per heavy atom. The Bertz CT molecular complexity index is 763. The number of nitrogens with one attached hydrogen (secondary N) is 1. The lowest BCUT2D eigenvalue weighted by Gasteiger charge is -2.37. The molecule has 0 saturated carbocycles. The maximum Gasteiger partial charge on any atom is 0.221 e. The highest BCUT2D eigenvalue weighted by Gasteiger charge is 2.24. The van der Waals surface area contributed by atoms with E-state index in [2.05, 4.69) is 65.1 Å². The monoisotopic (exact) mass is 570 g/mol. The van der Waals surface area contributed by atoms with Crippen LogP contribution < -0.4 is 11.1 Å². The van der Waals surface area contributed by atoms with Crippen molar-refractivity contribution < 1.29 is 4.79 Å². The smallest absolute Gasteiger partial charge is 0.221 e. The summed E-state index contributed by atoms with van der Waals surface area (Å²) in [5.41, 5.74) is 8.03. The van der Waals surface area contributed by atoms with Crippen LogP contribution in [0.25, 0.3) is 0 Å². The highest BCUT2D eigenvalue weighted by molar-refractivity contribution is 14.0. The number of likely N-dealkylation sites (tertiary alicyclic amines) is 1. The van der Waals surface area contributed by atoms with E-state index in [1.165, 1.54) is 17.7 Å². The Morgan fingerprint density at radius 2 is 1.88 bits per heavy atom. The molecular formula is C25H43IN6O. The number of carbonyl (C=O) groups is 1. The van der Waals surface area contributed by atoms with Crippen LogP contribution in [-0.4, -0.2) is 78.9 Å². The first-order chi connectivity index (χ1) is 15.4. The minimum Gasteiger partial charge on any atom is -0.369 e. The molecule has 0 bridgehead atoms. The average Bonchev–Trinajstić information content (AvgIpc) is 2.77. The van der Waals surface area contributed by atoms with E-state index in [9.17, 15) is 4.79 Å². The van der Waals surface area contributed by atoms with E-state index in [-0.39, 0.29) is 35.8 Å². The summed E-state index contributed by atoms with van der Waals surface area (Å²) in [5.74, 6) is 1.55. The molecule has 0 radical (unpaired) electrons. The summed E-state index contributed by atoms with van der Waals surface area (Å²) < 4.78 is 0. The molecule has 0 spiro atoms. The molecule has 186 valence electrons. The van der Waals surface area contributed by atoms with Crippen LogP contribution in [0.2, 0.25) is 0 Å². The molecule has 0 aliphatic carbocycles. The SMILES string of the molecule is CCNC(=NCc1cccc(CN2CCCC(C(N)=O)C2)c1)N1CCN(CC(C)C)CC1.I. The molecule has 1 unspecified atom stereocenters. The van der Waals surface area contributed by atoms with Gasteiger partial charge in [0.25, 0.3) is 0 Å². The van der Waals surface area contributed by atoms with Gasteiger partial charge in [0.15, 0.2) is 5.96 Å². The first-order valence-corrected chi connectivity index (χ1v) is 12.3. The van der Waals surface area contributed by atoms with Crippen molar-refractivity contribution in [2.24, 2.45) is 22.6 Å². The number of guanidine groups is 1. The quantitative estimate of drug-likeness (QED) is 0.286. The van der Waals surface area contributed by atoms with Crippen molar-refractivity contribution in [2.75, 3.05) is 52.4 Å². The van der Waals surface area contributed by atoms with Gasteiger partial charge in [0.05, 0.1) is 12.5 Å². The topological polar surface area (TPSA) is 77.2 Å². The number of benzene rings is 1. The third kappa shape index (κ3) is 9.05. The number of rotatable bonds is 8. The molecule has 3 N–H and O–H groups in total. The first-order valence-electron chi connectivity index (χ1n) is 12.3. The van der Waals surface area contributed by atoms with E-state index in [4.69, 9.17) is 10.7 Å². The molecule has 2 aliphatic heterocycles. The van der Waals surface area contributed by atoms with Gasteiger partial charge in [-0.15, -0.1) is 24.0 Å². The van der Waals surface area contributed by atoms with Crippen LogP contribution in [0.5, 0.6) is 0 Å². The molecule has 1 aromatic rings. The lowest BCUT2D eigenvalue weighted by molar-refractivity contribution is -0.123. The summed E-state index contributed by atoms with van der Waals surface area (Å²) >= 11 is 0. The van der Waals surface area contributed by atoms with Crippen molar-refractivity contribution in [3.8, 4) is 0 Å². The fourth-order valence-electron chi connectivity index (χ4n) is 4.77. The Balaban J connectivity index is 0.00000385. The molecule has 1 atom stereocenters. The number of piperidine rings is 1. The lowest BCUT2D eigenvalue weighted by Crippen LogP contribution is -2.53. The fraction of sp³-hybridized carbons (Fsp3) is 0.680. The van der Waals surface area contributed by atoms with E-state index in [0.29, 0.717) is 12.5 Å². The van der Waals surface area contributed by atoms with Gasteiger partial charge in [0.1, 0.15) is 0 Å². The standard InChI is InChI=1S/C25H42N6O.HI/c1-4-27-25(31-13-11-29(12-14-31)17-20(2)3)28-16-21-7-5-8-22(15-21)18-30-10-6-9-23(19-30)24(26)32;/h5,7-8,15,20,23H,4,6,9-14,16-19H2,1-3H3,(H2,26,32)(H,27,28);1H. The molecule has 2 aliphatic rings. The maximum absolute atomic E-state index is 11.6. The van der Waals surface area contributed by atoms with Gasteiger partial charge in [0, 0.05) is 52.4 Å². The van der Waals surface area contributed by atoms with Gasteiger partial charge in [-0.3, -0.25) is 14.6 Å². The molecule has 1 amide bonds. The summed E-state index contributed by atoms with van der Waals surface area (Å²) in [5, 5.41) is 3.48. The summed E-state index contributed by atoms with van der Waals surface area (Å²) in [6.07, 6.45) is 1.95. The largest absolute Gasteiger partial charge is 0.369 e. The third-order valence-electron chi connectivity index (χ3n) is 6.35. The number of hydrogen-bond acceptors (Lipinski definition) is 4. The second-order valence-electron chi connectivity index (χ2n) is 9.65. The molecule has 7 nitrogen and oxygen atoms in total. The van der Waals surface area contributed by atoms with E-state index < -0.39 is 0 Å². The van der Waals surface area contributed by atoms with Gasteiger partial charge >= 0.3 is 0 Å². The summed E-state index contributed by atoms with van der Waals surface area (Å²) in [6.45, 7) is 16.3. The van der Waals surface area contributed by atoms with E-state index in [1.54, 1.807) is 0 Å². The minimum atomic E-state index is -0.168. The van der Waals surface area contributed by atoms with Crippen LogP contribution in [0.1, 0.15) is 44.7 Å². The Labute approximate surface area is 217 Å². The fourth-order valence-corrected chi connectivity index (χ4v) is 4.77. The maximum atomic E-state index is 11.6. The van der Waals surface area contributed by atoms with Gasteiger partial charge in [0.2, 0.25) is 5.91 Å². The van der Waals surface area contributed by atoms with Gasteiger partial charge in [-0.1, -0.05) is 38.1 Å². The van der Waals surface area contributed by atoms with Crippen molar-refractivity contribution >= 4 is 35.8 Å². The second-order valence-corrected chi connectivity index (χ2v) is 9.65. The van der Waals surface area contributed by atoms with Gasteiger partial charge in [-0.05, 0) is 43.4 Å². The Morgan fingerprint density at radius 3 is 2.55 bits per heavy atom. The van der Waals surface area contributed by atoms with Gasteiger partial charge in [-0.2, -0.15) is 0 Å². The number of nitrogens with two attached hydrogens (primary N) is 1. The van der Waals surface area contributed by atoms with Crippen LogP contribution in [0.3, 0.4) is 0 Å². The number of halogens is 1. The molecule has 0 aromatic heterocycles.